The zero-order valence-corrected chi connectivity index (χ0v) is 18.1. The minimum absolute atomic E-state index is 0.0504. The summed E-state index contributed by atoms with van der Waals surface area (Å²) in [6.45, 7) is 2.14. The second-order valence-corrected chi connectivity index (χ2v) is 8.81. The standard InChI is InChI=1S/C22H24Cl2N4O/c1-22(11-4-3-5-12-22)27-20(29)14-9-10-18-17(13-14)25-21(28(18)2)26-19-15(23)7-6-8-16(19)24/h6-10,13H,3-5,11-12H2,1-2H3,(H,25,26)(H,27,29). The van der Waals surface area contributed by atoms with Crippen LogP contribution in [0, 0.1) is 0 Å². The number of hydrogen-bond donors (Lipinski definition) is 2. The maximum absolute atomic E-state index is 12.8. The van der Waals surface area contributed by atoms with Gasteiger partial charge < -0.3 is 15.2 Å². The van der Waals surface area contributed by atoms with Crippen molar-refractivity contribution in [1.29, 1.82) is 0 Å². The molecule has 4 rings (SSSR count). The maximum atomic E-state index is 12.8. The summed E-state index contributed by atoms with van der Waals surface area (Å²) in [5.74, 6) is 0.553. The highest BCUT2D eigenvalue weighted by Crippen LogP contribution is 2.33. The van der Waals surface area contributed by atoms with Crippen molar-refractivity contribution in [3.05, 3.63) is 52.0 Å². The first-order valence-corrected chi connectivity index (χ1v) is 10.6. The molecule has 1 fully saturated rings. The van der Waals surface area contributed by atoms with Gasteiger partial charge in [0.2, 0.25) is 5.95 Å². The number of aromatic nitrogens is 2. The van der Waals surface area contributed by atoms with Crippen LogP contribution in [0.5, 0.6) is 0 Å². The van der Waals surface area contributed by atoms with E-state index in [4.69, 9.17) is 23.2 Å². The molecule has 1 amide bonds. The van der Waals surface area contributed by atoms with Crippen LogP contribution in [0.3, 0.4) is 0 Å². The lowest BCUT2D eigenvalue weighted by Gasteiger charge is -2.34. The fourth-order valence-electron chi connectivity index (χ4n) is 3.99. The summed E-state index contributed by atoms with van der Waals surface area (Å²) in [6.07, 6.45) is 5.62. The molecule has 0 saturated heterocycles. The van der Waals surface area contributed by atoms with Gasteiger partial charge >= 0.3 is 0 Å². The first-order chi connectivity index (χ1) is 13.9. The lowest BCUT2D eigenvalue weighted by molar-refractivity contribution is 0.0883. The molecule has 1 saturated carbocycles. The van der Waals surface area contributed by atoms with Crippen LogP contribution in [-0.4, -0.2) is 21.0 Å². The van der Waals surface area contributed by atoms with Gasteiger partial charge in [0, 0.05) is 18.2 Å². The number of nitrogens with one attached hydrogen (secondary N) is 2. The van der Waals surface area contributed by atoms with E-state index in [0.29, 0.717) is 27.2 Å². The quantitative estimate of drug-likeness (QED) is 0.527. The molecule has 0 aliphatic heterocycles. The highest BCUT2D eigenvalue weighted by atomic mass is 35.5. The van der Waals surface area contributed by atoms with Gasteiger partial charge in [0.15, 0.2) is 0 Å². The molecule has 5 nitrogen and oxygen atoms in total. The van der Waals surface area contributed by atoms with Gasteiger partial charge in [-0.2, -0.15) is 0 Å². The van der Waals surface area contributed by atoms with Gasteiger partial charge in [-0.25, -0.2) is 4.98 Å². The molecule has 2 aromatic carbocycles. The van der Waals surface area contributed by atoms with E-state index in [2.05, 4.69) is 22.5 Å². The molecular formula is C22H24Cl2N4O. The van der Waals surface area contributed by atoms with Gasteiger partial charge in [-0.15, -0.1) is 0 Å². The Labute approximate surface area is 180 Å². The Bertz CT molecular complexity index is 1050. The lowest BCUT2D eigenvalue weighted by Crippen LogP contribution is -2.47. The molecule has 0 bridgehead atoms. The minimum Gasteiger partial charge on any atom is -0.347 e. The highest BCUT2D eigenvalue weighted by Gasteiger charge is 2.28. The van der Waals surface area contributed by atoms with Crippen LogP contribution < -0.4 is 10.6 Å². The molecule has 0 spiro atoms. The molecule has 29 heavy (non-hydrogen) atoms. The summed E-state index contributed by atoms with van der Waals surface area (Å²) in [5.41, 5.74) is 2.75. The second kappa shape index (κ2) is 7.88. The Balaban J connectivity index is 1.61. The zero-order chi connectivity index (χ0) is 20.6. The van der Waals surface area contributed by atoms with Gasteiger partial charge in [-0.05, 0) is 50.1 Å². The monoisotopic (exact) mass is 430 g/mol. The summed E-state index contributed by atoms with van der Waals surface area (Å²) in [6, 6.07) is 10.9. The van der Waals surface area contributed by atoms with Gasteiger partial charge in [-0.1, -0.05) is 48.5 Å². The van der Waals surface area contributed by atoms with Crippen LogP contribution >= 0.6 is 23.2 Å². The first kappa shape index (κ1) is 20.0. The van der Waals surface area contributed by atoms with E-state index in [1.54, 1.807) is 18.2 Å². The van der Waals surface area contributed by atoms with Gasteiger partial charge in [0.05, 0.1) is 26.8 Å². The summed E-state index contributed by atoms with van der Waals surface area (Å²) < 4.78 is 1.92. The lowest BCUT2D eigenvalue weighted by atomic mass is 9.83. The van der Waals surface area contributed by atoms with Crippen molar-refractivity contribution in [3.8, 4) is 0 Å². The number of fused-ring (bicyclic) bond motifs is 1. The third kappa shape index (κ3) is 4.07. The third-order valence-electron chi connectivity index (χ3n) is 5.71. The number of benzene rings is 2. The Morgan fingerprint density at radius 2 is 1.79 bits per heavy atom. The van der Waals surface area contributed by atoms with Crippen LogP contribution in [0.15, 0.2) is 36.4 Å². The number of carbonyl (C=O) groups is 1. The number of hydrogen-bond acceptors (Lipinski definition) is 3. The van der Waals surface area contributed by atoms with E-state index in [-0.39, 0.29) is 11.4 Å². The largest absolute Gasteiger partial charge is 0.347 e. The first-order valence-electron chi connectivity index (χ1n) is 9.86. The Hall–Kier alpha value is -2.24. The third-order valence-corrected chi connectivity index (χ3v) is 6.34. The van der Waals surface area contributed by atoms with Crippen molar-refractivity contribution in [2.75, 3.05) is 5.32 Å². The van der Waals surface area contributed by atoms with Crippen LogP contribution in [0.25, 0.3) is 11.0 Å². The molecule has 0 radical (unpaired) electrons. The van der Waals surface area contributed by atoms with E-state index < -0.39 is 0 Å². The maximum Gasteiger partial charge on any atom is 0.251 e. The molecule has 2 N–H and O–H groups in total. The molecule has 152 valence electrons. The molecule has 1 aliphatic rings. The fraction of sp³-hybridized carbons (Fsp3) is 0.364. The van der Waals surface area contributed by atoms with Gasteiger partial charge in [0.25, 0.3) is 5.91 Å². The number of rotatable bonds is 4. The van der Waals surface area contributed by atoms with Gasteiger partial charge in [-0.3, -0.25) is 4.79 Å². The number of imidazole rings is 1. The summed E-state index contributed by atoms with van der Waals surface area (Å²) in [7, 11) is 1.91. The van der Waals surface area contributed by atoms with Crippen molar-refractivity contribution in [3.63, 3.8) is 0 Å². The van der Waals surface area contributed by atoms with Crippen LogP contribution in [0.4, 0.5) is 11.6 Å². The molecule has 1 heterocycles. The van der Waals surface area contributed by atoms with Gasteiger partial charge in [0.1, 0.15) is 0 Å². The Morgan fingerprint density at radius 3 is 2.48 bits per heavy atom. The van der Waals surface area contributed by atoms with Crippen molar-refractivity contribution in [1.82, 2.24) is 14.9 Å². The van der Waals surface area contributed by atoms with Crippen molar-refractivity contribution >= 4 is 51.8 Å². The van der Waals surface area contributed by atoms with E-state index in [1.165, 1.54) is 6.42 Å². The SMILES string of the molecule is Cn1c(Nc2c(Cl)cccc2Cl)nc2cc(C(=O)NC3(C)CCCCC3)ccc21. The second-order valence-electron chi connectivity index (χ2n) is 8.00. The topological polar surface area (TPSA) is 59.0 Å². The van der Waals surface area contributed by atoms with Crippen molar-refractivity contribution in [2.45, 2.75) is 44.6 Å². The summed E-state index contributed by atoms with van der Waals surface area (Å²) in [5, 5.41) is 7.47. The predicted octanol–water partition coefficient (Wildman–Crippen LogP) is 6.08. The molecule has 0 atom stereocenters. The number of anilines is 2. The molecule has 7 heteroatoms. The number of amides is 1. The van der Waals surface area contributed by atoms with E-state index in [1.807, 2.05) is 29.8 Å². The summed E-state index contributed by atoms with van der Waals surface area (Å²) >= 11 is 12.5. The van der Waals surface area contributed by atoms with Crippen molar-refractivity contribution in [2.24, 2.45) is 7.05 Å². The average molecular weight is 431 g/mol. The smallest absolute Gasteiger partial charge is 0.251 e. The van der Waals surface area contributed by atoms with E-state index in [9.17, 15) is 4.79 Å². The Kier molecular flexibility index (Phi) is 5.45. The number of nitrogens with zero attached hydrogens (tertiary/aromatic N) is 2. The predicted molar refractivity (Wildman–Crippen MR) is 119 cm³/mol. The average Bonchev–Trinajstić information content (AvgIpc) is 3.00. The highest BCUT2D eigenvalue weighted by molar-refractivity contribution is 6.39. The molecule has 1 aromatic heterocycles. The zero-order valence-electron chi connectivity index (χ0n) is 16.6. The molecule has 3 aromatic rings. The van der Waals surface area contributed by atoms with Crippen LogP contribution in [0.1, 0.15) is 49.4 Å². The number of carbonyl (C=O) groups excluding carboxylic acids is 1. The summed E-state index contributed by atoms with van der Waals surface area (Å²) in [4.78, 5) is 17.5. The van der Waals surface area contributed by atoms with E-state index >= 15 is 0 Å². The fourth-order valence-corrected chi connectivity index (χ4v) is 4.48. The normalized spacial score (nSPS) is 16.0. The molecular weight excluding hydrogens is 407 g/mol. The van der Waals surface area contributed by atoms with E-state index in [0.717, 1.165) is 36.7 Å². The molecule has 0 unspecified atom stereocenters. The van der Waals surface area contributed by atoms with Crippen molar-refractivity contribution < 1.29 is 4.79 Å². The van der Waals surface area contributed by atoms with Crippen LogP contribution in [-0.2, 0) is 7.05 Å². The number of para-hydroxylation sites is 1. The molecule has 1 aliphatic carbocycles. The minimum atomic E-state index is -0.123. The Morgan fingerprint density at radius 1 is 1.10 bits per heavy atom. The number of aryl methyl sites for hydroxylation is 1. The van der Waals surface area contributed by atoms with Crippen LogP contribution in [0.2, 0.25) is 10.0 Å². The number of halogens is 2.